The number of rotatable bonds is 3. The van der Waals surface area contributed by atoms with Crippen molar-refractivity contribution in [3.8, 4) is 5.75 Å². The molecule has 4 bridgehead atoms. The van der Waals surface area contributed by atoms with Gasteiger partial charge in [0.1, 0.15) is 11.2 Å². The third-order valence-electron chi connectivity index (χ3n) is 7.17. The highest BCUT2D eigenvalue weighted by atomic mass is 16.7. The van der Waals surface area contributed by atoms with Crippen LogP contribution in [-0.4, -0.2) is 44.9 Å². The molecule has 6 nitrogen and oxygen atoms in total. The standard InChI is InChI=1S/C20H26N2O4/c1-4-15-12-8-18-20(9-16(21-15)13(12)10-26-18)14-6-5-11(24-2)7-17(14)22(25-3)19(20)23/h5-7,12-13,15-16,18,21H,4,8-10H2,1-3H3/t12?,13-,15+,16-,18?,20-/m0/s1. The van der Waals surface area contributed by atoms with Gasteiger partial charge >= 0.3 is 0 Å². The first-order valence-corrected chi connectivity index (χ1v) is 9.58. The number of hydroxylamine groups is 1. The van der Waals surface area contributed by atoms with Crippen molar-refractivity contribution in [3.05, 3.63) is 23.8 Å². The van der Waals surface area contributed by atoms with Gasteiger partial charge in [0.05, 0.1) is 32.6 Å². The van der Waals surface area contributed by atoms with Crippen molar-refractivity contribution in [2.75, 3.05) is 25.9 Å². The number of fused-ring (bicyclic) bond motifs is 2. The fourth-order valence-corrected chi connectivity index (χ4v) is 5.97. The van der Waals surface area contributed by atoms with Gasteiger partial charge in [0.2, 0.25) is 0 Å². The first-order valence-electron chi connectivity index (χ1n) is 9.58. The molecule has 5 aliphatic rings. The number of hydrogen-bond acceptors (Lipinski definition) is 5. The number of benzene rings is 1. The van der Waals surface area contributed by atoms with E-state index in [1.807, 2.05) is 18.2 Å². The summed E-state index contributed by atoms with van der Waals surface area (Å²) in [5.41, 5.74) is 1.13. The van der Waals surface area contributed by atoms with E-state index in [4.69, 9.17) is 14.3 Å². The second kappa shape index (κ2) is 5.68. The number of ether oxygens (including phenoxy) is 2. The van der Waals surface area contributed by atoms with E-state index in [0.717, 1.165) is 42.9 Å². The van der Waals surface area contributed by atoms with Crippen LogP contribution in [0.25, 0.3) is 0 Å². The number of anilines is 1. The topological polar surface area (TPSA) is 60.0 Å². The zero-order chi connectivity index (χ0) is 18.1. The van der Waals surface area contributed by atoms with Crippen molar-refractivity contribution in [3.63, 3.8) is 0 Å². The summed E-state index contributed by atoms with van der Waals surface area (Å²) < 4.78 is 11.7. The summed E-state index contributed by atoms with van der Waals surface area (Å²) >= 11 is 0. The molecule has 0 aromatic heterocycles. The van der Waals surface area contributed by atoms with Gasteiger partial charge in [0.25, 0.3) is 5.91 Å². The molecular weight excluding hydrogens is 332 g/mol. The van der Waals surface area contributed by atoms with E-state index in [0.29, 0.717) is 23.9 Å². The van der Waals surface area contributed by atoms with Crippen LogP contribution in [0.1, 0.15) is 31.7 Å². The predicted octanol–water partition coefficient (Wildman–Crippen LogP) is 2.02. The molecule has 1 amide bonds. The molecule has 140 valence electrons. The molecule has 1 aromatic rings. The second-order valence-electron chi connectivity index (χ2n) is 8.01. The van der Waals surface area contributed by atoms with E-state index < -0.39 is 5.41 Å². The van der Waals surface area contributed by atoms with Crippen LogP contribution < -0.4 is 15.1 Å². The van der Waals surface area contributed by atoms with Gasteiger partial charge in [-0.05, 0) is 36.8 Å². The molecule has 3 saturated heterocycles. The van der Waals surface area contributed by atoms with Gasteiger partial charge in [0.15, 0.2) is 0 Å². The van der Waals surface area contributed by atoms with Crippen LogP contribution >= 0.6 is 0 Å². The van der Waals surface area contributed by atoms with Crippen molar-refractivity contribution < 1.29 is 19.1 Å². The van der Waals surface area contributed by atoms with Gasteiger partial charge in [-0.3, -0.25) is 9.63 Å². The van der Waals surface area contributed by atoms with Crippen LogP contribution in [0.3, 0.4) is 0 Å². The SMILES string of the molecule is CC[C@H]1N[C@H]2C[C@@]3(C(=O)N(OC)c4cc(OC)ccc43)C3CC1[C@@H]2CO3. The van der Waals surface area contributed by atoms with Crippen LogP contribution in [-0.2, 0) is 19.8 Å². The number of nitrogens with one attached hydrogen (secondary N) is 1. The largest absolute Gasteiger partial charge is 0.497 e. The fourth-order valence-electron chi connectivity index (χ4n) is 5.97. The van der Waals surface area contributed by atoms with Gasteiger partial charge in [-0.1, -0.05) is 13.0 Å². The van der Waals surface area contributed by atoms with Crippen LogP contribution in [0.5, 0.6) is 5.75 Å². The number of carbonyl (C=O) groups excluding carboxylic acids is 1. The molecule has 1 saturated carbocycles. The molecule has 4 aliphatic heterocycles. The Hall–Kier alpha value is -1.63. The van der Waals surface area contributed by atoms with Gasteiger partial charge in [-0.15, -0.1) is 0 Å². The van der Waals surface area contributed by atoms with E-state index in [-0.39, 0.29) is 12.0 Å². The molecule has 1 spiro atoms. The predicted molar refractivity (Wildman–Crippen MR) is 96.1 cm³/mol. The van der Waals surface area contributed by atoms with Crippen molar-refractivity contribution in [2.24, 2.45) is 11.8 Å². The molecule has 0 radical (unpaired) electrons. The van der Waals surface area contributed by atoms with Crippen LogP contribution in [0.2, 0.25) is 0 Å². The van der Waals surface area contributed by atoms with E-state index in [2.05, 4.69) is 12.2 Å². The summed E-state index contributed by atoms with van der Waals surface area (Å²) in [5.74, 6) is 1.81. The average molecular weight is 358 g/mol. The summed E-state index contributed by atoms with van der Waals surface area (Å²) in [6.07, 6.45) is 2.74. The van der Waals surface area contributed by atoms with Gasteiger partial charge in [0, 0.05) is 24.1 Å². The smallest absolute Gasteiger partial charge is 0.264 e. The molecule has 6 atom stereocenters. The minimum atomic E-state index is -0.669. The Bertz CT molecular complexity index is 753. The Labute approximate surface area is 153 Å². The van der Waals surface area contributed by atoms with Crippen molar-refractivity contribution >= 4 is 11.6 Å². The molecule has 1 N–H and O–H groups in total. The molecule has 4 fully saturated rings. The van der Waals surface area contributed by atoms with Crippen molar-refractivity contribution in [2.45, 2.75) is 49.8 Å². The number of amides is 1. The fraction of sp³-hybridized carbons (Fsp3) is 0.650. The minimum absolute atomic E-state index is 0.00342. The van der Waals surface area contributed by atoms with Gasteiger partial charge in [-0.2, -0.15) is 5.06 Å². The summed E-state index contributed by atoms with van der Waals surface area (Å²) in [6.45, 7) is 2.99. The van der Waals surface area contributed by atoms with Crippen molar-refractivity contribution in [1.29, 1.82) is 0 Å². The van der Waals surface area contributed by atoms with E-state index in [9.17, 15) is 4.79 Å². The highest BCUT2D eigenvalue weighted by Gasteiger charge is 2.64. The maximum atomic E-state index is 13.6. The quantitative estimate of drug-likeness (QED) is 0.896. The zero-order valence-electron chi connectivity index (χ0n) is 15.5. The zero-order valence-corrected chi connectivity index (χ0v) is 15.5. The monoisotopic (exact) mass is 358 g/mol. The normalized spacial score (nSPS) is 40.2. The average Bonchev–Trinajstić information content (AvgIpc) is 3.01. The lowest BCUT2D eigenvalue weighted by Gasteiger charge is -2.40. The number of methoxy groups -OCH3 is 1. The highest BCUT2D eigenvalue weighted by Crippen LogP contribution is 2.57. The van der Waals surface area contributed by atoms with Crippen LogP contribution in [0, 0.1) is 11.8 Å². The van der Waals surface area contributed by atoms with E-state index in [1.54, 1.807) is 14.2 Å². The summed E-state index contributed by atoms with van der Waals surface area (Å²) in [5, 5.41) is 5.25. The Kier molecular flexibility index (Phi) is 3.61. The first kappa shape index (κ1) is 16.5. The summed E-state index contributed by atoms with van der Waals surface area (Å²) in [7, 11) is 3.18. The minimum Gasteiger partial charge on any atom is -0.497 e. The Morgan fingerprint density at radius 3 is 2.92 bits per heavy atom. The number of nitrogens with zero attached hydrogens (tertiary/aromatic N) is 1. The summed E-state index contributed by atoms with van der Waals surface area (Å²) in [4.78, 5) is 19.1. The highest BCUT2D eigenvalue weighted by molar-refractivity contribution is 6.07. The maximum absolute atomic E-state index is 13.6. The second-order valence-corrected chi connectivity index (χ2v) is 8.01. The lowest BCUT2D eigenvalue weighted by molar-refractivity contribution is -0.138. The molecule has 4 heterocycles. The third-order valence-corrected chi connectivity index (χ3v) is 7.17. The Morgan fingerprint density at radius 2 is 2.19 bits per heavy atom. The lowest BCUT2D eigenvalue weighted by atomic mass is 9.71. The number of hydrogen-bond donors (Lipinski definition) is 1. The molecule has 2 unspecified atom stereocenters. The van der Waals surface area contributed by atoms with Crippen LogP contribution in [0.15, 0.2) is 18.2 Å². The first-order chi connectivity index (χ1) is 12.6. The Morgan fingerprint density at radius 1 is 1.35 bits per heavy atom. The number of carbonyl (C=O) groups is 1. The van der Waals surface area contributed by atoms with Gasteiger partial charge < -0.3 is 14.8 Å². The molecule has 6 heteroatoms. The molecule has 26 heavy (non-hydrogen) atoms. The molecule has 1 aromatic carbocycles. The van der Waals surface area contributed by atoms with Crippen LogP contribution in [0.4, 0.5) is 5.69 Å². The molecule has 6 rings (SSSR count). The van der Waals surface area contributed by atoms with E-state index in [1.165, 1.54) is 5.06 Å². The summed E-state index contributed by atoms with van der Waals surface area (Å²) in [6, 6.07) is 6.71. The molecular formula is C20H26N2O4. The third kappa shape index (κ3) is 1.90. The Balaban J connectivity index is 1.65. The van der Waals surface area contributed by atoms with Crippen molar-refractivity contribution in [1.82, 2.24) is 5.32 Å². The maximum Gasteiger partial charge on any atom is 0.264 e. The van der Waals surface area contributed by atoms with E-state index >= 15 is 0 Å². The van der Waals surface area contributed by atoms with Gasteiger partial charge in [-0.25, -0.2) is 0 Å². The lowest BCUT2D eigenvalue weighted by Crippen LogP contribution is -2.53. The molecule has 1 aliphatic carbocycles.